The van der Waals surface area contributed by atoms with E-state index in [0.717, 1.165) is 12.1 Å². The first kappa shape index (κ1) is 12.8. The fourth-order valence-electron chi connectivity index (χ4n) is 1.49. The average molecular weight is 264 g/mol. The molecule has 0 aliphatic rings. The van der Waals surface area contributed by atoms with Crippen molar-refractivity contribution in [1.29, 1.82) is 0 Å². The maximum absolute atomic E-state index is 13.1. The van der Waals surface area contributed by atoms with Crippen LogP contribution in [0.4, 0.5) is 8.78 Å². The Hall–Kier alpha value is -2.63. The summed E-state index contributed by atoms with van der Waals surface area (Å²) in [6, 6.07) is 9.63. The van der Waals surface area contributed by atoms with Gasteiger partial charge in [-0.3, -0.25) is 0 Å². The van der Waals surface area contributed by atoms with Crippen molar-refractivity contribution >= 4 is 5.84 Å². The van der Waals surface area contributed by atoms with Crippen LogP contribution in [-0.2, 0) is 0 Å². The number of rotatable bonds is 3. The molecule has 4 nitrogen and oxygen atoms in total. The maximum atomic E-state index is 13.1. The molecular weight excluding hydrogens is 254 g/mol. The van der Waals surface area contributed by atoms with Gasteiger partial charge in [-0.05, 0) is 24.3 Å². The third-order valence-electron chi connectivity index (χ3n) is 2.39. The van der Waals surface area contributed by atoms with Crippen LogP contribution in [0, 0.1) is 11.6 Å². The number of nitrogens with two attached hydrogens (primary N) is 1. The molecule has 0 saturated carbocycles. The van der Waals surface area contributed by atoms with E-state index in [1.807, 2.05) is 0 Å². The molecule has 0 aliphatic carbocycles. The third kappa shape index (κ3) is 2.79. The normalized spacial score (nSPS) is 11.4. The number of nitrogens with zero attached hydrogens (tertiary/aromatic N) is 1. The summed E-state index contributed by atoms with van der Waals surface area (Å²) in [6.45, 7) is 0. The van der Waals surface area contributed by atoms with E-state index in [2.05, 4.69) is 5.16 Å². The Morgan fingerprint density at radius 3 is 2.53 bits per heavy atom. The largest absolute Gasteiger partial charge is 0.456 e. The number of ether oxygens (including phenoxy) is 1. The van der Waals surface area contributed by atoms with E-state index < -0.39 is 11.6 Å². The molecule has 0 atom stereocenters. The molecule has 0 bridgehead atoms. The highest BCUT2D eigenvalue weighted by atomic mass is 19.2. The molecule has 0 aliphatic heterocycles. The van der Waals surface area contributed by atoms with Gasteiger partial charge in [-0.15, -0.1) is 0 Å². The molecule has 0 heterocycles. The highest BCUT2D eigenvalue weighted by Gasteiger charge is 2.10. The molecule has 0 spiro atoms. The molecule has 0 unspecified atom stereocenters. The first-order valence-corrected chi connectivity index (χ1v) is 5.31. The first-order chi connectivity index (χ1) is 9.11. The summed E-state index contributed by atoms with van der Waals surface area (Å²) in [6.07, 6.45) is 0. The van der Waals surface area contributed by atoms with E-state index in [9.17, 15) is 8.78 Å². The smallest absolute Gasteiger partial charge is 0.173 e. The number of para-hydroxylation sites is 1. The zero-order valence-corrected chi connectivity index (χ0v) is 9.68. The minimum atomic E-state index is -1.02. The number of halogens is 2. The molecule has 0 fully saturated rings. The van der Waals surface area contributed by atoms with Gasteiger partial charge in [0.15, 0.2) is 17.5 Å². The molecule has 2 aromatic carbocycles. The number of amidine groups is 1. The number of hydrogen-bond acceptors (Lipinski definition) is 3. The van der Waals surface area contributed by atoms with E-state index in [0.29, 0.717) is 5.56 Å². The van der Waals surface area contributed by atoms with Crippen LogP contribution in [0.25, 0.3) is 0 Å². The van der Waals surface area contributed by atoms with Crippen molar-refractivity contribution in [3.05, 3.63) is 59.7 Å². The molecule has 2 aromatic rings. The Kier molecular flexibility index (Phi) is 3.61. The molecule has 0 radical (unpaired) electrons. The van der Waals surface area contributed by atoms with Crippen molar-refractivity contribution in [2.75, 3.05) is 0 Å². The minimum absolute atomic E-state index is 0.108. The molecule has 6 heteroatoms. The van der Waals surface area contributed by atoms with Gasteiger partial charge in [0.05, 0.1) is 5.56 Å². The quantitative estimate of drug-likeness (QED) is 0.387. The lowest BCUT2D eigenvalue weighted by molar-refractivity contribution is 0.318. The Morgan fingerprint density at radius 1 is 1.11 bits per heavy atom. The Balaban J connectivity index is 2.35. The topological polar surface area (TPSA) is 67.8 Å². The lowest BCUT2D eigenvalue weighted by Gasteiger charge is -2.10. The van der Waals surface area contributed by atoms with Crippen molar-refractivity contribution < 1.29 is 18.7 Å². The third-order valence-corrected chi connectivity index (χ3v) is 2.39. The predicted molar refractivity (Wildman–Crippen MR) is 65.4 cm³/mol. The van der Waals surface area contributed by atoms with E-state index in [-0.39, 0.29) is 17.3 Å². The summed E-state index contributed by atoms with van der Waals surface area (Å²) >= 11 is 0. The number of oxime groups is 1. The van der Waals surface area contributed by atoms with E-state index in [1.165, 1.54) is 6.07 Å². The van der Waals surface area contributed by atoms with Crippen molar-refractivity contribution in [3.63, 3.8) is 0 Å². The molecule has 0 amide bonds. The standard InChI is InChI=1S/C13H10F2N2O2/c14-10-6-5-8(7-11(10)15)19-12-4-2-1-3-9(12)13(16)17-18/h1-7,18H,(H2,16,17). The molecule has 0 aromatic heterocycles. The van der Waals surface area contributed by atoms with Gasteiger partial charge >= 0.3 is 0 Å². The van der Waals surface area contributed by atoms with Crippen LogP contribution in [0.2, 0.25) is 0 Å². The van der Waals surface area contributed by atoms with Crippen molar-refractivity contribution in [3.8, 4) is 11.5 Å². The van der Waals surface area contributed by atoms with Gasteiger partial charge in [0.2, 0.25) is 0 Å². The molecule has 98 valence electrons. The summed E-state index contributed by atoms with van der Waals surface area (Å²) in [5.41, 5.74) is 5.83. The van der Waals surface area contributed by atoms with Crippen LogP contribution < -0.4 is 10.5 Å². The number of hydrogen-bond donors (Lipinski definition) is 2. The first-order valence-electron chi connectivity index (χ1n) is 5.31. The maximum Gasteiger partial charge on any atom is 0.173 e. The zero-order chi connectivity index (χ0) is 13.8. The van der Waals surface area contributed by atoms with Crippen LogP contribution in [0.3, 0.4) is 0 Å². The molecule has 2 rings (SSSR count). The predicted octanol–water partition coefficient (Wildman–Crippen LogP) is 2.85. The Labute approximate surface area is 107 Å². The second-order valence-corrected chi connectivity index (χ2v) is 3.66. The van der Waals surface area contributed by atoms with E-state index in [4.69, 9.17) is 15.7 Å². The number of benzene rings is 2. The second kappa shape index (κ2) is 5.34. The fourth-order valence-corrected chi connectivity index (χ4v) is 1.49. The average Bonchev–Trinajstić information content (AvgIpc) is 2.43. The van der Waals surface area contributed by atoms with Crippen molar-refractivity contribution in [2.24, 2.45) is 10.9 Å². The zero-order valence-electron chi connectivity index (χ0n) is 9.68. The van der Waals surface area contributed by atoms with E-state index in [1.54, 1.807) is 24.3 Å². The molecule has 3 N–H and O–H groups in total. The van der Waals surface area contributed by atoms with Gasteiger partial charge in [-0.2, -0.15) is 0 Å². The lowest BCUT2D eigenvalue weighted by atomic mass is 10.2. The molecular formula is C13H10F2N2O2. The monoisotopic (exact) mass is 264 g/mol. The van der Waals surface area contributed by atoms with Gasteiger partial charge in [0.1, 0.15) is 11.5 Å². The molecule has 0 saturated heterocycles. The lowest BCUT2D eigenvalue weighted by Crippen LogP contribution is -2.14. The summed E-state index contributed by atoms with van der Waals surface area (Å²) < 4.78 is 31.3. The summed E-state index contributed by atoms with van der Waals surface area (Å²) in [7, 11) is 0. The van der Waals surface area contributed by atoms with Gasteiger partial charge in [-0.1, -0.05) is 17.3 Å². The summed E-state index contributed by atoms with van der Waals surface area (Å²) in [4.78, 5) is 0. The van der Waals surface area contributed by atoms with Gasteiger partial charge < -0.3 is 15.7 Å². The fraction of sp³-hybridized carbons (Fsp3) is 0. The van der Waals surface area contributed by atoms with Crippen LogP contribution in [0.15, 0.2) is 47.6 Å². The Morgan fingerprint density at radius 2 is 1.84 bits per heavy atom. The van der Waals surface area contributed by atoms with Gasteiger partial charge in [0, 0.05) is 6.07 Å². The van der Waals surface area contributed by atoms with E-state index >= 15 is 0 Å². The highest BCUT2D eigenvalue weighted by molar-refractivity contribution is 5.99. The van der Waals surface area contributed by atoms with Crippen LogP contribution in [0.1, 0.15) is 5.56 Å². The van der Waals surface area contributed by atoms with Crippen LogP contribution in [0.5, 0.6) is 11.5 Å². The van der Waals surface area contributed by atoms with Crippen molar-refractivity contribution in [2.45, 2.75) is 0 Å². The minimum Gasteiger partial charge on any atom is -0.456 e. The summed E-state index contributed by atoms with van der Waals surface area (Å²) in [5.74, 6) is -1.74. The van der Waals surface area contributed by atoms with Crippen molar-refractivity contribution in [1.82, 2.24) is 0 Å². The Bertz CT molecular complexity index is 630. The SMILES string of the molecule is N/C(=N\O)c1ccccc1Oc1ccc(F)c(F)c1. The molecule has 19 heavy (non-hydrogen) atoms. The highest BCUT2D eigenvalue weighted by Crippen LogP contribution is 2.26. The van der Waals surface area contributed by atoms with Gasteiger partial charge in [-0.25, -0.2) is 8.78 Å². The summed E-state index contributed by atoms with van der Waals surface area (Å²) in [5, 5.41) is 11.5. The van der Waals surface area contributed by atoms with Crippen LogP contribution in [-0.4, -0.2) is 11.0 Å². The van der Waals surface area contributed by atoms with Crippen LogP contribution >= 0.6 is 0 Å². The second-order valence-electron chi connectivity index (χ2n) is 3.66. The van der Waals surface area contributed by atoms with Gasteiger partial charge in [0.25, 0.3) is 0 Å².